The minimum atomic E-state index is -0.0270. The molecule has 2 heteroatoms. The van der Waals surface area contributed by atoms with E-state index in [9.17, 15) is 0 Å². The summed E-state index contributed by atoms with van der Waals surface area (Å²) >= 11 is 4.42. The first kappa shape index (κ1) is 20.5. The highest BCUT2D eigenvalue weighted by Gasteiger charge is 2.68. The van der Waals surface area contributed by atoms with Crippen LogP contribution in [0.1, 0.15) is 52.7 Å². The molecule has 1 saturated heterocycles. The Morgan fingerprint density at radius 3 is 1.93 bits per heavy atom. The Kier molecular flexibility index (Phi) is 4.49. The molecule has 0 amide bonds. The number of fused-ring (bicyclic) bond motifs is 1. The van der Waals surface area contributed by atoms with Crippen LogP contribution in [0.15, 0.2) is 78.4 Å². The number of hydrogen-bond donors (Lipinski definition) is 0. The Hall–Kier alpha value is -1.38. The lowest BCUT2D eigenvalue weighted by Gasteiger charge is -2.41. The summed E-state index contributed by atoms with van der Waals surface area (Å²) in [5.41, 5.74) is 6.30. The van der Waals surface area contributed by atoms with Gasteiger partial charge in [-0.3, -0.25) is 0 Å². The van der Waals surface area contributed by atoms with Crippen LogP contribution in [0.25, 0.3) is 5.57 Å². The van der Waals surface area contributed by atoms with Crippen molar-refractivity contribution in [1.82, 2.24) is 0 Å². The van der Waals surface area contributed by atoms with E-state index in [1.165, 1.54) is 16.7 Å². The van der Waals surface area contributed by atoms with Crippen LogP contribution in [0.3, 0.4) is 0 Å². The monoisotopic (exact) mass is 432 g/mol. The summed E-state index contributed by atoms with van der Waals surface area (Å²) in [5, 5.41) is 0.553. The van der Waals surface area contributed by atoms with E-state index >= 15 is 0 Å². The summed E-state index contributed by atoms with van der Waals surface area (Å²) in [6.07, 6.45) is 5.33. The molecule has 30 heavy (non-hydrogen) atoms. The lowest BCUT2D eigenvalue weighted by atomic mass is 9.73. The van der Waals surface area contributed by atoms with Crippen molar-refractivity contribution >= 4 is 29.1 Å². The van der Waals surface area contributed by atoms with Gasteiger partial charge in [-0.15, -0.1) is 23.5 Å². The van der Waals surface area contributed by atoms with E-state index < -0.39 is 0 Å². The molecule has 3 aliphatic rings. The van der Waals surface area contributed by atoms with Gasteiger partial charge in [0.2, 0.25) is 0 Å². The van der Waals surface area contributed by atoms with Crippen LogP contribution in [0.2, 0.25) is 0 Å². The smallest absolute Gasteiger partial charge is 0.106 e. The number of allylic oxidation sites excluding steroid dienone is 2. The fourth-order valence-corrected chi connectivity index (χ4v) is 10.2. The third kappa shape index (κ3) is 2.83. The van der Waals surface area contributed by atoms with Crippen LogP contribution in [0, 0.1) is 16.7 Å². The summed E-state index contributed by atoms with van der Waals surface area (Å²) in [7, 11) is 0. The van der Waals surface area contributed by atoms with Crippen LogP contribution < -0.4 is 0 Å². The molecule has 156 valence electrons. The highest BCUT2D eigenvalue weighted by Crippen LogP contribution is 2.78. The number of thioether (sulfide) groups is 2. The van der Waals surface area contributed by atoms with Crippen molar-refractivity contribution < 1.29 is 0 Å². The molecule has 2 aromatic carbocycles. The zero-order valence-corrected chi connectivity index (χ0v) is 20.5. The number of benzene rings is 2. The molecule has 0 unspecified atom stereocenters. The molecular weight excluding hydrogens is 400 g/mol. The van der Waals surface area contributed by atoms with Crippen molar-refractivity contribution in [3.05, 3.63) is 89.5 Å². The molecule has 1 aliphatic carbocycles. The largest absolute Gasteiger partial charge is 0.129 e. The van der Waals surface area contributed by atoms with Crippen LogP contribution in [-0.4, -0.2) is 10.00 Å². The maximum Gasteiger partial charge on any atom is 0.106 e. The fraction of sp³-hybridized carbons (Fsp3) is 0.429. The summed E-state index contributed by atoms with van der Waals surface area (Å²) in [5.74, 6) is 0.475. The molecule has 5 rings (SSSR count). The number of hydrogen-bond acceptors (Lipinski definition) is 2. The molecule has 2 aliphatic heterocycles. The van der Waals surface area contributed by atoms with E-state index in [4.69, 9.17) is 0 Å². The zero-order valence-electron chi connectivity index (χ0n) is 18.9. The van der Waals surface area contributed by atoms with Gasteiger partial charge < -0.3 is 0 Å². The Balaban J connectivity index is 1.79. The second kappa shape index (κ2) is 6.56. The zero-order chi connectivity index (χ0) is 21.4. The molecule has 0 aromatic heterocycles. The summed E-state index contributed by atoms with van der Waals surface area (Å²) in [6, 6.07) is 22.3. The van der Waals surface area contributed by atoms with E-state index in [1.807, 2.05) is 0 Å². The lowest BCUT2D eigenvalue weighted by Crippen LogP contribution is -2.43. The predicted octanol–water partition coefficient (Wildman–Crippen LogP) is 8.17. The van der Waals surface area contributed by atoms with Gasteiger partial charge in [-0.25, -0.2) is 0 Å². The van der Waals surface area contributed by atoms with E-state index in [-0.39, 0.29) is 19.7 Å². The van der Waals surface area contributed by atoms with Gasteiger partial charge in [0.05, 0.1) is 4.75 Å². The van der Waals surface area contributed by atoms with Crippen molar-refractivity contribution in [1.29, 1.82) is 0 Å². The SMILES string of the molecule is CC(C)(C)C1=C[C@@]2(C(C)(C)C)S[C@@]3(c4ccccc4)C=C(c4ccccc4)[C@@H]1[C@@H]2S3. The van der Waals surface area contributed by atoms with Gasteiger partial charge >= 0.3 is 0 Å². The minimum absolute atomic E-state index is 0.0270. The predicted molar refractivity (Wildman–Crippen MR) is 135 cm³/mol. The lowest BCUT2D eigenvalue weighted by molar-refractivity contribution is 0.325. The van der Waals surface area contributed by atoms with Crippen molar-refractivity contribution in [2.24, 2.45) is 16.7 Å². The van der Waals surface area contributed by atoms with Gasteiger partial charge in [-0.05, 0) is 33.6 Å². The van der Waals surface area contributed by atoms with Crippen LogP contribution in [0.5, 0.6) is 0 Å². The highest BCUT2D eigenvalue weighted by molar-refractivity contribution is 8.22. The van der Waals surface area contributed by atoms with Crippen molar-refractivity contribution in [3.8, 4) is 0 Å². The quantitative estimate of drug-likeness (QED) is 0.439. The van der Waals surface area contributed by atoms with Crippen molar-refractivity contribution in [2.45, 2.75) is 55.6 Å². The van der Waals surface area contributed by atoms with Gasteiger partial charge in [-0.2, -0.15) is 0 Å². The molecule has 0 spiro atoms. The van der Waals surface area contributed by atoms with E-state index in [1.54, 1.807) is 5.57 Å². The third-order valence-electron chi connectivity index (χ3n) is 7.06. The van der Waals surface area contributed by atoms with Crippen LogP contribution in [-0.2, 0) is 4.08 Å². The van der Waals surface area contributed by atoms with E-state index in [0.29, 0.717) is 11.2 Å². The summed E-state index contributed by atoms with van der Waals surface area (Å²) in [4.78, 5) is 0. The van der Waals surface area contributed by atoms with Gasteiger partial charge in [-0.1, -0.05) is 114 Å². The van der Waals surface area contributed by atoms with E-state index in [0.717, 1.165) is 0 Å². The van der Waals surface area contributed by atoms with Crippen molar-refractivity contribution in [2.75, 3.05) is 0 Å². The molecule has 2 aromatic rings. The van der Waals surface area contributed by atoms with Gasteiger partial charge in [0.25, 0.3) is 0 Å². The Bertz CT molecular complexity index is 1020. The molecule has 0 radical (unpaired) electrons. The molecular formula is C28H32S2. The molecule has 0 saturated carbocycles. The molecule has 2 heterocycles. The molecule has 4 atom stereocenters. The third-order valence-corrected chi connectivity index (χ3v) is 11.3. The Morgan fingerprint density at radius 1 is 0.767 bits per heavy atom. The molecule has 2 bridgehead atoms. The van der Waals surface area contributed by atoms with Crippen LogP contribution >= 0.6 is 23.5 Å². The first-order chi connectivity index (χ1) is 14.1. The summed E-state index contributed by atoms with van der Waals surface area (Å²) < 4.78 is 0.0919. The van der Waals surface area contributed by atoms with Gasteiger partial charge in [0.1, 0.15) is 4.08 Å². The fourth-order valence-electron chi connectivity index (χ4n) is 5.46. The molecule has 1 fully saturated rings. The van der Waals surface area contributed by atoms with Crippen LogP contribution in [0.4, 0.5) is 0 Å². The average Bonchev–Trinajstić information content (AvgIpc) is 3.16. The maximum absolute atomic E-state index is 2.71. The standard InChI is InChI=1S/C28H32S2/c1-25(2,3)22-18-27(26(4,5)6)24-23(22)21(19-13-9-7-10-14-19)17-28(29-24,30-27)20-15-11-8-12-16-20/h7-18,23-24H,1-6H3/t23-,24-,27+,28+/m0/s1. The normalized spacial score (nSPS) is 32.7. The van der Waals surface area contributed by atoms with E-state index in [2.05, 4.69) is 138 Å². The average molecular weight is 433 g/mol. The highest BCUT2D eigenvalue weighted by atomic mass is 32.2. The second-order valence-corrected chi connectivity index (χ2v) is 14.2. The Morgan fingerprint density at radius 2 is 1.37 bits per heavy atom. The second-order valence-electron chi connectivity index (χ2n) is 11.0. The number of rotatable bonds is 2. The minimum Gasteiger partial charge on any atom is -0.129 e. The molecule has 0 N–H and O–H groups in total. The summed E-state index contributed by atoms with van der Waals surface area (Å²) in [6.45, 7) is 14.5. The van der Waals surface area contributed by atoms with Gasteiger partial charge in [0.15, 0.2) is 0 Å². The first-order valence-electron chi connectivity index (χ1n) is 11.0. The van der Waals surface area contributed by atoms with Gasteiger partial charge in [0, 0.05) is 11.2 Å². The van der Waals surface area contributed by atoms with Crippen molar-refractivity contribution in [3.63, 3.8) is 0 Å². The first-order valence-corrected chi connectivity index (χ1v) is 12.7. The maximum atomic E-state index is 2.71. The molecule has 0 nitrogen and oxygen atoms in total. The topological polar surface area (TPSA) is 0 Å². The Labute approximate surface area is 190 Å².